The first-order chi connectivity index (χ1) is 7.72. The van der Waals surface area contributed by atoms with Crippen LogP contribution in [0.5, 0.6) is 0 Å². The standard InChI is InChI=1S/C12H15N3O/c1-12(3-5-16-9-12)15-8-10-2-4-14-11(6-10)7-13/h2,4,6,15H,3,5,8-9H2,1H3. The second-order valence-electron chi connectivity index (χ2n) is 4.38. The molecule has 0 bridgehead atoms. The Balaban J connectivity index is 1.96. The molecule has 2 rings (SSSR count). The molecule has 2 heterocycles. The second-order valence-corrected chi connectivity index (χ2v) is 4.38. The van der Waals surface area contributed by atoms with Gasteiger partial charge in [-0.05, 0) is 31.0 Å². The number of pyridine rings is 1. The van der Waals surface area contributed by atoms with Crippen LogP contribution in [-0.4, -0.2) is 23.7 Å². The lowest BCUT2D eigenvalue weighted by Gasteiger charge is -2.23. The van der Waals surface area contributed by atoms with E-state index in [1.54, 1.807) is 6.20 Å². The van der Waals surface area contributed by atoms with Gasteiger partial charge >= 0.3 is 0 Å². The summed E-state index contributed by atoms with van der Waals surface area (Å²) >= 11 is 0. The van der Waals surface area contributed by atoms with Gasteiger partial charge in [-0.2, -0.15) is 5.26 Å². The zero-order valence-corrected chi connectivity index (χ0v) is 9.36. The summed E-state index contributed by atoms with van der Waals surface area (Å²) in [4.78, 5) is 3.94. The summed E-state index contributed by atoms with van der Waals surface area (Å²) in [6.07, 6.45) is 2.70. The summed E-state index contributed by atoms with van der Waals surface area (Å²) in [5.74, 6) is 0. The number of nitriles is 1. The van der Waals surface area contributed by atoms with Crippen molar-refractivity contribution in [2.45, 2.75) is 25.4 Å². The first-order valence-electron chi connectivity index (χ1n) is 5.40. The second kappa shape index (κ2) is 4.60. The Hall–Kier alpha value is -1.44. The van der Waals surface area contributed by atoms with Crippen LogP contribution in [0.2, 0.25) is 0 Å². The lowest BCUT2D eigenvalue weighted by Crippen LogP contribution is -2.42. The van der Waals surface area contributed by atoms with Crippen molar-refractivity contribution in [3.05, 3.63) is 29.6 Å². The van der Waals surface area contributed by atoms with E-state index in [-0.39, 0.29) is 5.54 Å². The van der Waals surface area contributed by atoms with Gasteiger partial charge in [-0.3, -0.25) is 0 Å². The minimum Gasteiger partial charge on any atom is -0.379 e. The van der Waals surface area contributed by atoms with Crippen LogP contribution in [0.1, 0.15) is 24.6 Å². The van der Waals surface area contributed by atoms with Crippen molar-refractivity contribution in [1.82, 2.24) is 10.3 Å². The van der Waals surface area contributed by atoms with E-state index < -0.39 is 0 Å². The van der Waals surface area contributed by atoms with Crippen molar-refractivity contribution < 1.29 is 4.74 Å². The number of ether oxygens (including phenoxy) is 1. The Kier molecular flexibility index (Phi) is 3.18. The van der Waals surface area contributed by atoms with Crippen molar-refractivity contribution >= 4 is 0 Å². The molecular weight excluding hydrogens is 202 g/mol. The average molecular weight is 217 g/mol. The maximum Gasteiger partial charge on any atom is 0.140 e. The van der Waals surface area contributed by atoms with Crippen molar-refractivity contribution in [1.29, 1.82) is 5.26 Å². The average Bonchev–Trinajstić information content (AvgIpc) is 2.75. The number of aromatic nitrogens is 1. The van der Waals surface area contributed by atoms with Gasteiger partial charge in [0.05, 0.1) is 6.61 Å². The van der Waals surface area contributed by atoms with Crippen molar-refractivity contribution in [2.24, 2.45) is 0 Å². The van der Waals surface area contributed by atoms with Crippen LogP contribution >= 0.6 is 0 Å². The van der Waals surface area contributed by atoms with Gasteiger partial charge in [0, 0.05) is 24.9 Å². The molecule has 4 nitrogen and oxygen atoms in total. The van der Waals surface area contributed by atoms with Crippen LogP contribution in [-0.2, 0) is 11.3 Å². The highest BCUT2D eigenvalue weighted by molar-refractivity contribution is 5.25. The van der Waals surface area contributed by atoms with E-state index in [4.69, 9.17) is 10.00 Å². The molecule has 0 saturated carbocycles. The molecule has 0 aromatic carbocycles. The van der Waals surface area contributed by atoms with E-state index in [0.717, 1.165) is 31.7 Å². The minimum absolute atomic E-state index is 0.0656. The summed E-state index contributed by atoms with van der Waals surface area (Å²) in [6.45, 7) is 4.48. The number of rotatable bonds is 3. The van der Waals surface area contributed by atoms with Crippen LogP contribution in [0.3, 0.4) is 0 Å². The third kappa shape index (κ3) is 2.57. The van der Waals surface area contributed by atoms with Crippen molar-refractivity contribution in [3.63, 3.8) is 0 Å². The van der Waals surface area contributed by atoms with Gasteiger partial charge in [0.25, 0.3) is 0 Å². The molecule has 16 heavy (non-hydrogen) atoms. The van der Waals surface area contributed by atoms with E-state index in [1.807, 2.05) is 18.2 Å². The number of hydrogen-bond donors (Lipinski definition) is 1. The molecule has 0 aliphatic carbocycles. The highest BCUT2D eigenvalue weighted by atomic mass is 16.5. The van der Waals surface area contributed by atoms with Crippen molar-refractivity contribution in [3.8, 4) is 6.07 Å². The first kappa shape index (κ1) is 11.1. The molecule has 1 aliphatic rings. The summed E-state index contributed by atoms with van der Waals surface area (Å²) in [7, 11) is 0. The van der Waals surface area contributed by atoms with Crippen LogP contribution in [0.25, 0.3) is 0 Å². The van der Waals surface area contributed by atoms with Gasteiger partial charge in [-0.25, -0.2) is 4.98 Å². The fourth-order valence-electron chi connectivity index (χ4n) is 1.77. The van der Waals surface area contributed by atoms with Gasteiger partial charge in [0.1, 0.15) is 11.8 Å². The summed E-state index contributed by atoms with van der Waals surface area (Å²) in [5.41, 5.74) is 1.61. The Morgan fingerprint density at radius 3 is 3.25 bits per heavy atom. The molecule has 1 aliphatic heterocycles. The van der Waals surface area contributed by atoms with E-state index in [2.05, 4.69) is 17.2 Å². The molecule has 1 fully saturated rings. The van der Waals surface area contributed by atoms with E-state index >= 15 is 0 Å². The molecule has 1 atom stereocenters. The Bertz CT molecular complexity index is 405. The fourth-order valence-corrected chi connectivity index (χ4v) is 1.77. The van der Waals surface area contributed by atoms with Crippen LogP contribution in [0, 0.1) is 11.3 Å². The maximum absolute atomic E-state index is 8.74. The highest BCUT2D eigenvalue weighted by Gasteiger charge is 2.28. The summed E-state index contributed by atoms with van der Waals surface area (Å²) in [5, 5.41) is 12.2. The fraction of sp³-hybridized carbons (Fsp3) is 0.500. The normalized spacial score (nSPS) is 24.2. The van der Waals surface area contributed by atoms with Gasteiger partial charge in [-0.1, -0.05) is 0 Å². The summed E-state index contributed by atoms with van der Waals surface area (Å²) < 4.78 is 5.37. The molecule has 0 amide bonds. The van der Waals surface area contributed by atoms with Gasteiger partial charge in [-0.15, -0.1) is 0 Å². The van der Waals surface area contributed by atoms with Crippen LogP contribution in [0.4, 0.5) is 0 Å². The minimum atomic E-state index is 0.0656. The Morgan fingerprint density at radius 1 is 1.69 bits per heavy atom. The number of nitrogens with one attached hydrogen (secondary N) is 1. The lowest BCUT2D eigenvalue weighted by molar-refractivity contribution is 0.171. The first-order valence-corrected chi connectivity index (χ1v) is 5.40. The third-order valence-corrected chi connectivity index (χ3v) is 2.88. The molecule has 1 saturated heterocycles. The Morgan fingerprint density at radius 2 is 2.56 bits per heavy atom. The van der Waals surface area contributed by atoms with Crippen LogP contribution < -0.4 is 5.32 Å². The predicted molar refractivity (Wildman–Crippen MR) is 59.6 cm³/mol. The molecule has 0 spiro atoms. The maximum atomic E-state index is 8.74. The monoisotopic (exact) mass is 217 g/mol. The lowest BCUT2D eigenvalue weighted by atomic mass is 10.0. The topological polar surface area (TPSA) is 57.9 Å². The molecule has 0 radical (unpaired) electrons. The molecule has 84 valence electrons. The Labute approximate surface area is 95.3 Å². The van der Waals surface area contributed by atoms with Crippen LogP contribution in [0.15, 0.2) is 18.3 Å². The zero-order valence-electron chi connectivity index (χ0n) is 9.36. The zero-order chi connectivity index (χ0) is 11.4. The van der Waals surface area contributed by atoms with E-state index in [1.165, 1.54) is 0 Å². The number of nitrogens with zero attached hydrogens (tertiary/aromatic N) is 2. The van der Waals surface area contributed by atoms with Gasteiger partial charge < -0.3 is 10.1 Å². The predicted octanol–water partition coefficient (Wildman–Crippen LogP) is 1.22. The molecule has 4 heteroatoms. The van der Waals surface area contributed by atoms with Crippen molar-refractivity contribution in [2.75, 3.05) is 13.2 Å². The molecule has 1 aromatic rings. The third-order valence-electron chi connectivity index (χ3n) is 2.88. The van der Waals surface area contributed by atoms with Gasteiger partial charge in [0.15, 0.2) is 0 Å². The van der Waals surface area contributed by atoms with Gasteiger partial charge in [0.2, 0.25) is 0 Å². The largest absolute Gasteiger partial charge is 0.379 e. The molecule has 1 unspecified atom stereocenters. The van der Waals surface area contributed by atoms with E-state index in [9.17, 15) is 0 Å². The molecule has 1 aromatic heterocycles. The highest BCUT2D eigenvalue weighted by Crippen LogP contribution is 2.18. The van der Waals surface area contributed by atoms with E-state index in [0.29, 0.717) is 5.69 Å². The molecule has 1 N–H and O–H groups in total. The smallest absolute Gasteiger partial charge is 0.140 e. The SMILES string of the molecule is CC1(NCc2ccnc(C#N)c2)CCOC1. The summed E-state index contributed by atoms with van der Waals surface area (Å²) in [6, 6.07) is 5.78. The number of hydrogen-bond acceptors (Lipinski definition) is 4. The quantitative estimate of drug-likeness (QED) is 0.827. The molecular formula is C12H15N3O.